The van der Waals surface area contributed by atoms with Gasteiger partial charge in [0.1, 0.15) is 27.2 Å². The molecular weight excluding hydrogens is 423 g/mol. The van der Waals surface area contributed by atoms with Crippen molar-refractivity contribution in [3.8, 4) is 22.1 Å². The topological polar surface area (TPSA) is 86.8 Å². The van der Waals surface area contributed by atoms with Crippen LogP contribution < -0.4 is 14.8 Å². The lowest BCUT2D eigenvalue weighted by Crippen LogP contribution is -2.30. The number of aromatic nitrogens is 1. The summed E-state index contributed by atoms with van der Waals surface area (Å²) in [6.07, 6.45) is -1.07. The molecule has 0 saturated heterocycles. The average molecular weight is 444 g/mol. The van der Waals surface area contributed by atoms with Crippen molar-refractivity contribution in [2.45, 2.75) is 20.0 Å². The Morgan fingerprint density at radius 2 is 1.81 bits per heavy atom. The Hall–Kier alpha value is -3.46. The number of nitrogens with one attached hydrogen (secondary N) is 1. The van der Waals surface area contributed by atoms with Gasteiger partial charge < -0.3 is 19.5 Å². The highest BCUT2D eigenvalue weighted by molar-refractivity contribution is 7.17. The van der Waals surface area contributed by atoms with Crippen LogP contribution in [0.5, 0.6) is 11.5 Å². The van der Waals surface area contributed by atoms with Crippen molar-refractivity contribution in [2.24, 2.45) is 0 Å². The van der Waals surface area contributed by atoms with Crippen LogP contribution in [0, 0.1) is 12.7 Å². The highest BCUT2D eigenvalue weighted by Gasteiger charge is 2.24. The van der Waals surface area contributed by atoms with Gasteiger partial charge in [-0.1, -0.05) is 0 Å². The summed E-state index contributed by atoms with van der Waals surface area (Å²) in [5.74, 6) is -0.571. The SMILES string of the molecule is COc1ccc(OC)c(NC(=O)C(C)OC(=O)c2sc(-c3ccc(F)cc3)nc2C)c1. The Morgan fingerprint density at radius 1 is 1.10 bits per heavy atom. The minimum absolute atomic E-state index is 0.276. The van der Waals surface area contributed by atoms with Gasteiger partial charge in [0, 0.05) is 11.6 Å². The summed E-state index contributed by atoms with van der Waals surface area (Å²) in [6.45, 7) is 3.14. The number of methoxy groups -OCH3 is 2. The van der Waals surface area contributed by atoms with Gasteiger partial charge in [0.15, 0.2) is 6.10 Å². The fourth-order valence-corrected chi connectivity index (χ4v) is 3.67. The van der Waals surface area contributed by atoms with Gasteiger partial charge >= 0.3 is 5.97 Å². The monoisotopic (exact) mass is 444 g/mol. The third kappa shape index (κ3) is 5.18. The summed E-state index contributed by atoms with van der Waals surface area (Å²) in [4.78, 5) is 29.8. The van der Waals surface area contributed by atoms with Gasteiger partial charge in [0.05, 0.1) is 25.6 Å². The molecular formula is C22H21FN2O5S. The van der Waals surface area contributed by atoms with Crippen LogP contribution in [0.1, 0.15) is 22.3 Å². The quantitative estimate of drug-likeness (QED) is 0.542. The molecule has 9 heteroatoms. The van der Waals surface area contributed by atoms with Crippen LogP contribution in [0.4, 0.5) is 10.1 Å². The molecule has 0 aliphatic carbocycles. The van der Waals surface area contributed by atoms with Crippen molar-refractivity contribution in [1.82, 2.24) is 4.98 Å². The minimum Gasteiger partial charge on any atom is -0.497 e. The van der Waals surface area contributed by atoms with E-state index < -0.39 is 18.0 Å². The van der Waals surface area contributed by atoms with Crippen LogP contribution in [0.15, 0.2) is 42.5 Å². The number of carbonyl (C=O) groups is 2. The Balaban J connectivity index is 1.71. The van der Waals surface area contributed by atoms with Crippen molar-refractivity contribution in [3.05, 3.63) is 58.9 Å². The zero-order chi connectivity index (χ0) is 22.5. The first-order valence-corrected chi connectivity index (χ1v) is 10.1. The summed E-state index contributed by atoms with van der Waals surface area (Å²) < 4.78 is 28.9. The normalized spacial score (nSPS) is 11.5. The molecule has 7 nitrogen and oxygen atoms in total. The number of amides is 1. The molecule has 1 unspecified atom stereocenters. The van der Waals surface area contributed by atoms with Crippen LogP contribution in [-0.2, 0) is 9.53 Å². The lowest BCUT2D eigenvalue weighted by atomic mass is 10.2. The number of aryl methyl sites for hydroxylation is 1. The first kappa shape index (κ1) is 22.2. The van der Waals surface area contributed by atoms with Gasteiger partial charge in [-0.3, -0.25) is 4.79 Å². The van der Waals surface area contributed by atoms with Crippen molar-refractivity contribution in [3.63, 3.8) is 0 Å². The van der Waals surface area contributed by atoms with Gasteiger partial charge in [0.2, 0.25) is 0 Å². The second-order valence-corrected chi connectivity index (χ2v) is 7.54. The van der Waals surface area contributed by atoms with Gasteiger partial charge in [-0.05, 0) is 50.2 Å². The first-order chi connectivity index (χ1) is 14.8. The van der Waals surface area contributed by atoms with E-state index in [4.69, 9.17) is 14.2 Å². The van der Waals surface area contributed by atoms with E-state index >= 15 is 0 Å². The number of nitrogens with zero attached hydrogens (tertiary/aromatic N) is 1. The maximum Gasteiger partial charge on any atom is 0.351 e. The molecule has 162 valence electrons. The van der Waals surface area contributed by atoms with Crippen molar-refractivity contribution < 1.29 is 28.2 Å². The molecule has 0 saturated carbocycles. The summed E-state index contributed by atoms with van der Waals surface area (Å²) in [5, 5.41) is 3.23. The maximum atomic E-state index is 13.1. The Bertz CT molecular complexity index is 1100. The summed E-state index contributed by atoms with van der Waals surface area (Å²) >= 11 is 1.12. The second kappa shape index (κ2) is 9.57. The molecule has 31 heavy (non-hydrogen) atoms. The third-order valence-electron chi connectivity index (χ3n) is 4.39. The number of anilines is 1. The Kier molecular flexibility index (Phi) is 6.86. The highest BCUT2D eigenvalue weighted by Crippen LogP contribution is 2.30. The zero-order valence-electron chi connectivity index (χ0n) is 17.4. The summed E-state index contributed by atoms with van der Waals surface area (Å²) in [5.41, 5.74) is 1.54. The number of thiazole rings is 1. The minimum atomic E-state index is -1.07. The molecule has 0 spiro atoms. The molecule has 0 radical (unpaired) electrons. The van der Waals surface area contributed by atoms with Gasteiger partial charge in [-0.15, -0.1) is 11.3 Å². The molecule has 2 aromatic carbocycles. The van der Waals surface area contributed by atoms with Gasteiger partial charge in [-0.2, -0.15) is 0 Å². The van der Waals surface area contributed by atoms with E-state index in [2.05, 4.69) is 10.3 Å². The van der Waals surface area contributed by atoms with Crippen LogP contribution >= 0.6 is 11.3 Å². The number of hydrogen-bond donors (Lipinski definition) is 1. The summed E-state index contributed by atoms with van der Waals surface area (Å²) in [6, 6.07) is 10.8. The van der Waals surface area contributed by atoms with Crippen LogP contribution in [-0.4, -0.2) is 37.2 Å². The molecule has 0 bridgehead atoms. The molecule has 0 aliphatic rings. The fraction of sp³-hybridized carbons (Fsp3) is 0.227. The van der Waals surface area contributed by atoms with Crippen molar-refractivity contribution >= 4 is 28.9 Å². The first-order valence-electron chi connectivity index (χ1n) is 9.29. The van der Waals surface area contributed by atoms with Crippen molar-refractivity contribution in [1.29, 1.82) is 0 Å². The largest absolute Gasteiger partial charge is 0.497 e. The highest BCUT2D eigenvalue weighted by atomic mass is 32.1. The Morgan fingerprint density at radius 3 is 2.45 bits per heavy atom. The summed E-state index contributed by atoms with van der Waals surface area (Å²) in [7, 11) is 2.99. The predicted molar refractivity (Wildman–Crippen MR) is 115 cm³/mol. The molecule has 1 atom stereocenters. The van der Waals surface area contributed by atoms with E-state index in [1.54, 1.807) is 37.3 Å². The van der Waals surface area contributed by atoms with E-state index in [9.17, 15) is 14.0 Å². The molecule has 1 N–H and O–H groups in total. The van der Waals surface area contributed by atoms with Crippen LogP contribution in [0.3, 0.4) is 0 Å². The van der Waals surface area contributed by atoms with Crippen LogP contribution in [0.25, 0.3) is 10.6 Å². The zero-order valence-corrected chi connectivity index (χ0v) is 18.2. The standard InChI is InChI=1S/C22H21FN2O5S/c1-12-19(31-21(24-12)14-5-7-15(23)8-6-14)22(27)30-13(2)20(26)25-17-11-16(28-3)9-10-18(17)29-4/h5-11,13H,1-4H3,(H,25,26). The van der Waals surface area contributed by atoms with E-state index in [0.29, 0.717) is 33.5 Å². The number of benzene rings is 2. The van der Waals surface area contributed by atoms with Gasteiger partial charge in [0.25, 0.3) is 5.91 Å². The lowest BCUT2D eigenvalue weighted by Gasteiger charge is -2.15. The van der Waals surface area contributed by atoms with E-state index in [1.165, 1.54) is 33.3 Å². The molecule has 1 aromatic heterocycles. The molecule has 1 amide bonds. The van der Waals surface area contributed by atoms with Crippen LogP contribution in [0.2, 0.25) is 0 Å². The number of halogens is 1. The van der Waals surface area contributed by atoms with Crippen molar-refractivity contribution in [2.75, 3.05) is 19.5 Å². The molecule has 3 aromatic rings. The third-order valence-corrected chi connectivity index (χ3v) is 5.58. The Labute approximate surface area is 182 Å². The second-order valence-electron chi connectivity index (χ2n) is 6.54. The average Bonchev–Trinajstić information content (AvgIpc) is 3.15. The molecule has 0 aliphatic heterocycles. The van der Waals surface area contributed by atoms with E-state index in [0.717, 1.165) is 11.3 Å². The molecule has 3 rings (SSSR count). The smallest absolute Gasteiger partial charge is 0.351 e. The van der Waals surface area contributed by atoms with E-state index in [-0.39, 0.29) is 10.7 Å². The number of rotatable bonds is 7. The van der Waals surface area contributed by atoms with E-state index in [1.807, 2.05) is 0 Å². The number of carbonyl (C=O) groups excluding carboxylic acids is 2. The number of esters is 1. The lowest BCUT2D eigenvalue weighted by molar-refractivity contribution is -0.123. The number of hydrogen-bond acceptors (Lipinski definition) is 7. The predicted octanol–water partition coefficient (Wildman–Crippen LogP) is 4.46. The molecule has 0 fully saturated rings. The maximum absolute atomic E-state index is 13.1. The molecule has 1 heterocycles. The number of ether oxygens (including phenoxy) is 3. The fourth-order valence-electron chi connectivity index (χ4n) is 2.72. The van der Waals surface area contributed by atoms with Gasteiger partial charge in [-0.25, -0.2) is 14.2 Å².